The number of hydrogen-bond donors (Lipinski definition) is 2. The minimum Gasteiger partial charge on any atom is -0.481 e. The van der Waals surface area contributed by atoms with Crippen molar-refractivity contribution >= 4 is 5.97 Å². The highest BCUT2D eigenvalue weighted by Gasteiger charge is 2.33. The average Bonchev–Trinajstić information content (AvgIpc) is 1.98. The molecule has 0 aliphatic heterocycles. The van der Waals surface area contributed by atoms with Crippen LogP contribution in [0.4, 0.5) is 0 Å². The normalized spacial score (nSPS) is 19.7. The zero-order valence-corrected chi connectivity index (χ0v) is 10.0. The second-order valence-corrected chi connectivity index (χ2v) is 5.49. The average molecular weight is 213 g/mol. The Morgan fingerprint density at radius 3 is 2.53 bits per heavy atom. The van der Waals surface area contributed by atoms with Crippen LogP contribution in [0.2, 0.25) is 0 Å². The second-order valence-electron chi connectivity index (χ2n) is 5.49. The minimum atomic E-state index is -0.719. The van der Waals surface area contributed by atoms with Crippen LogP contribution in [-0.4, -0.2) is 24.2 Å². The van der Waals surface area contributed by atoms with Crippen molar-refractivity contribution in [2.24, 2.45) is 17.3 Å². The summed E-state index contributed by atoms with van der Waals surface area (Å²) in [6, 6.07) is 0. The van der Waals surface area contributed by atoms with Crippen molar-refractivity contribution in [1.29, 1.82) is 0 Å². The molecule has 2 N–H and O–H groups in total. The maximum absolute atomic E-state index is 10.6. The molecule has 3 heteroatoms. The molecule has 1 aliphatic carbocycles. The molecule has 1 saturated carbocycles. The molecule has 0 spiro atoms. The van der Waals surface area contributed by atoms with Crippen LogP contribution in [0.15, 0.2) is 0 Å². The van der Waals surface area contributed by atoms with Crippen molar-refractivity contribution in [2.45, 2.75) is 40.0 Å². The van der Waals surface area contributed by atoms with Crippen molar-refractivity contribution in [3.63, 3.8) is 0 Å². The number of carboxylic acids is 1. The lowest BCUT2D eigenvalue weighted by Crippen LogP contribution is -2.40. The van der Waals surface area contributed by atoms with E-state index in [0.29, 0.717) is 12.0 Å². The molecule has 0 saturated heterocycles. The van der Waals surface area contributed by atoms with Crippen LogP contribution >= 0.6 is 0 Å². The first-order valence-corrected chi connectivity index (χ1v) is 5.87. The molecule has 1 unspecified atom stereocenters. The van der Waals surface area contributed by atoms with Crippen molar-refractivity contribution in [3.8, 4) is 0 Å². The number of carboxylic acid groups (broad SMARTS) is 1. The summed E-state index contributed by atoms with van der Waals surface area (Å²) in [6.07, 6.45) is 4.03. The first kappa shape index (κ1) is 12.5. The van der Waals surface area contributed by atoms with E-state index >= 15 is 0 Å². The van der Waals surface area contributed by atoms with Gasteiger partial charge in [0, 0.05) is 13.1 Å². The van der Waals surface area contributed by atoms with Gasteiger partial charge in [-0.25, -0.2) is 0 Å². The lowest BCUT2D eigenvalue weighted by Gasteiger charge is -2.40. The quantitative estimate of drug-likeness (QED) is 0.710. The molecule has 0 aromatic rings. The topological polar surface area (TPSA) is 49.3 Å². The SMILES string of the molecule is CC(CNCC(C)(C)C1CCC1)C(=O)O. The van der Waals surface area contributed by atoms with E-state index in [9.17, 15) is 4.79 Å². The molecule has 0 heterocycles. The molecule has 0 amide bonds. The van der Waals surface area contributed by atoms with Crippen molar-refractivity contribution in [2.75, 3.05) is 13.1 Å². The first-order chi connectivity index (χ1) is 6.93. The molecule has 88 valence electrons. The molecule has 1 fully saturated rings. The van der Waals surface area contributed by atoms with Crippen molar-refractivity contribution in [3.05, 3.63) is 0 Å². The first-order valence-electron chi connectivity index (χ1n) is 5.87. The van der Waals surface area contributed by atoms with E-state index < -0.39 is 5.97 Å². The summed E-state index contributed by atoms with van der Waals surface area (Å²) in [6.45, 7) is 7.79. The molecule has 0 aromatic carbocycles. The van der Waals surface area contributed by atoms with E-state index in [2.05, 4.69) is 19.2 Å². The van der Waals surface area contributed by atoms with Crippen LogP contribution in [0, 0.1) is 17.3 Å². The van der Waals surface area contributed by atoms with Crippen LogP contribution in [0.1, 0.15) is 40.0 Å². The van der Waals surface area contributed by atoms with Crippen LogP contribution < -0.4 is 5.32 Å². The third-order valence-corrected chi connectivity index (χ3v) is 3.66. The van der Waals surface area contributed by atoms with Gasteiger partial charge in [0.1, 0.15) is 0 Å². The lowest BCUT2D eigenvalue weighted by atomic mass is 9.67. The highest BCUT2D eigenvalue weighted by atomic mass is 16.4. The molecule has 3 nitrogen and oxygen atoms in total. The summed E-state index contributed by atoms with van der Waals surface area (Å²) in [4.78, 5) is 10.6. The van der Waals surface area contributed by atoms with Gasteiger partial charge in [-0.1, -0.05) is 27.2 Å². The highest BCUT2D eigenvalue weighted by Crippen LogP contribution is 2.41. The Hall–Kier alpha value is -0.570. The largest absolute Gasteiger partial charge is 0.481 e. The fourth-order valence-corrected chi connectivity index (χ4v) is 2.03. The Kier molecular flexibility index (Phi) is 4.14. The van der Waals surface area contributed by atoms with Gasteiger partial charge >= 0.3 is 5.97 Å². The molecular weight excluding hydrogens is 190 g/mol. The van der Waals surface area contributed by atoms with Gasteiger partial charge in [-0.05, 0) is 24.2 Å². The Morgan fingerprint density at radius 2 is 2.13 bits per heavy atom. The minimum absolute atomic E-state index is 0.290. The fraction of sp³-hybridized carbons (Fsp3) is 0.917. The molecule has 0 bridgehead atoms. The third-order valence-electron chi connectivity index (χ3n) is 3.66. The van der Waals surface area contributed by atoms with Gasteiger partial charge in [-0.3, -0.25) is 4.79 Å². The summed E-state index contributed by atoms with van der Waals surface area (Å²) >= 11 is 0. The summed E-state index contributed by atoms with van der Waals surface area (Å²) in [5, 5.41) is 12.0. The molecule has 1 rings (SSSR count). The predicted octanol–water partition coefficient (Wildman–Crippen LogP) is 2.12. The third kappa shape index (κ3) is 3.49. The molecule has 1 atom stereocenters. The Morgan fingerprint density at radius 1 is 1.53 bits per heavy atom. The zero-order chi connectivity index (χ0) is 11.5. The fourth-order valence-electron chi connectivity index (χ4n) is 2.03. The van der Waals surface area contributed by atoms with Gasteiger partial charge < -0.3 is 10.4 Å². The maximum Gasteiger partial charge on any atom is 0.307 e. The Labute approximate surface area is 92.3 Å². The van der Waals surface area contributed by atoms with Gasteiger partial charge in [-0.2, -0.15) is 0 Å². The standard InChI is InChI=1S/C12H23NO2/c1-9(11(14)15)7-13-8-12(2,3)10-5-4-6-10/h9-10,13H,4-8H2,1-3H3,(H,14,15). The molecule has 0 aromatic heterocycles. The van der Waals surface area contributed by atoms with E-state index in [1.807, 2.05) is 0 Å². The summed E-state index contributed by atoms with van der Waals surface area (Å²) in [7, 11) is 0. The van der Waals surface area contributed by atoms with E-state index in [4.69, 9.17) is 5.11 Å². The Bertz CT molecular complexity index is 222. The molecule has 15 heavy (non-hydrogen) atoms. The van der Waals surface area contributed by atoms with Crippen LogP contribution in [0.3, 0.4) is 0 Å². The number of hydrogen-bond acceptors (Lipinski definition) is 2. The van der Waals surface area contributed by atoms with Gasteiger partial charge in [0.05, 0.1) is 5.92 Å². The van der Waals surface area contributed by atoms with E-state index in [-0.39, 0.29) is 5.92 Å². The van der Waals surface area contributed by atoms with Gasteiger partial charge in [0.2, 0.25) is 0 Å². The number of nitrogens with one attached hydrogen (secondary N) is 1. The monoisotopic (exact) mass is 213 g/mol. The van der Waals surface area contributed by atoms with Crippen LogP contribution in [0.25, 0.3) is 0 Å². The highest BCUT2D eigenvalue weighted by molar-refractivity contribution is 5.69. The number of rotatable bonds is 6. The second kappa shape index (κ2) is 4.97. The Balaban J connectivity index is 2.21. The van der Waals surface area contributed by atoms with Gasteiger partial charge in [0.25, 0.3) is 0 Å². The zero-order valence-electron chi connectivity index (χ0n) is 10.0. The number of carbonyl (C=O) groups is 1. The van der Waals surface area contributed by atoms with Crippen LogP contribution in [0.5, 0.6) is 0 Å². The van der Waals surface area contributed by atoms with Crippen molar-refractivity contribution in [1.82, 2.24) is 5.32 Å². The molecule has 0 radical (unpaired) electrons. The number of aliphatic carboxylic acids is 1. The smallest absolute Gasteiger partial charge is 0.307 e. The summed E-state index contributed by atoms with van der Waals surface area (Å²) in [5.74, 6) is -0.184. The van der Waals surface area contributed by atoms with Gasteiger partial charge in [0.15, 0.2) is 0 Å². The van der Waals surface area contributed by atoms with E-state index in [1.54, 1.807) is 6.92 Å². The lowest BCUT2D eigenvalue weighted by molar-refractivity contribution is -0.141. The molecule has 1 aliphatic rings. The predicted molar refractivity (Wildman–Crippen MR) is 60.8 cm³/mol. The van der Waals surface area contributed by atoms with Crippen molar-refractivity contribution < 1.29 is 9.90 Å². The van der Waals surface area contributed by atoms with E-state index in [1.165, 1.54) is 19.3 Å². The maximum atomic E-state index is 10.6. The molecular formula is C12H23NO2. The summed E-state index contributed by atoms with van der Waals surface area (Å²) < 4.78 is 0. The van der Waals surface area contributed by atoms with Gasteiger partial charge in [-0.15, -0.1) is 0 Å². The van der Waals surface area contributed by atoms with Crippen LogP contribution in [-0.2, 0) is 4.79 Å². The summed E-state index contributed by atoms with van der Waals surface area (Å²) in [5.41, 5.74) is 0.316. The van der Waals surface area contributed by atoms with E-state index in [0.717, 1.165) is 12.5 Å².